The van der Waals surface area contributed by atoms with E-state index in [2.05, 4.69) is 5.32 Å². The van der Waals surface area contributed by atoms with Gasteiger partial charge in [-0.25, -0.2) is 12.7 Å². The Kier molecular flexibility index (Phi) is 4.84. The lowest BCUT2D eigenvalue weighted by Gasteiger charge is -2.31. The summed E-state index contributed by atoms with van der Waals surface area (Å²) in [5.41, 5.74) is 6.68. The average molecular weight is 311 g/mol. The molecule has 0 spiro atoms. The number of benzene rings is 1. The molecule has 116 valence electrons. The fourth-order valence-corrected chi connectivity index (χ4v) is 3.56. The Morgan fingerprint density at radius 3 is 2.52 bits per heavy atom. The average Bonchev–Trinajstić information content (AvgIpc) is 2.48. The lowest BCUT2D eigenvalue weighted by Crippen LogP contribution is -2.46. The van der Waals surface area contributed by atoms with Crippen LogP contribution in [0.25, 0.3) is 0 Å². The molecule has 0 unspecified atom stereocenters. The van der Waals surface area contributed by atoms with Gasteiger partial charge in [0.1, 0.15) is 0 Å². The van der Waals surface area contributed by atoms with Crippen LogP contribution in [0.2, 0.25) is 0 Å². The van der Waals surface area contributed by atoms with Crippen LogP contribution >= 0.6 is 0 Å². The van der Waals surface area contributed by atoms with Gasteiger partial charge in [0.05, 0.1) is 11.3 Å². The predicted octanol–water partition coefficient (Wildman–Crippen LogP) is 0.813. The van der Waals surface area contributed by atoms with Gasteiger partial charge >= 0.3 is 0 Å². The van der Waals surface area contributed by atoms with Crippen LogP contribution < -0.4 is 11.1 Å². The summed E-state index contributed by atoms with van der Waals surface area (Å²) in [6.45, 7) is 2.54. The van der Waals surface area contributed by atoms with Crippen molar-refractivity contribution in [3.8, 4) is 0 Å². The Morgan fingerprint density at radius 2 is 1.95 bits per heavy atom. The number of rotatable bonds is 4. The highest BCUT2D eigenvalue weighted by Gasteiger charge is 2.27. The molecule has 1 aliphatic rings. The molecule has 0 aromatic heterocycles. The maximum atomic E-state index is 12.1. The summed E-state index contributed by atoms with van der Waals surface area (Å²) in [6, 6.07) is 6.90. The number of para-hydroxylation sites is 1. The number of carbonyl (C=O) groups is 1. The van der Waals surface area contributed by atoms with Crippen molar-refractivity contribution < 1.29 is 13.2 Å². The van der Waals surface area contributed by atoms with Gasteiger partial charge in [-0.05, 0) is 31.9 Å². The van der Waals surface area contributed by atoms with Gasteiger partial charge in [0.2, 0.25) is 10.0 Å². The maximum absolute atomic E-state index is 12.1. The van der Waals surface area contributed by atoms with Crippen LogP contribution in [0.15, 0.2) is 24.3 Å². The Labute approximate surface area is 125 Å². The molecule has 1 aromatic carbocycles. The van der Waals surface area contributed by atoms with E-state index in [4.69, 9.17) is 5.73 Å². The molecule has 0 aliphatic carbocycles. The first-order valence-electron chi connectivity index (χ1n) is 7.07. The van der Waals surface area contributed by atoms with E-state index in [1.165, 1.54) is 4.31 Å². The number of sulfonamides is 1. The zero-order valence-corrected chi connectivity index (χ0v) is 12.9. The molecule has 3 N–H and O–H groups in total. The molecule has 1 aliphatic heterocycles. The van der Waals surface area contributed by atoms with Crippen LogP contribution in [0, 0.1) is 0 Å². The Morgan fingerprint density at radius 1 is 1.33 bits per heavy atom. The Balaban J connectivity index is 1.92. The van der Waals surface area contributed by atoms with E-state index in [9.17, 15) is 13.2 Å². The molecule has 7 heteroatoms. The fourth-order valence-electron chi connectivity index (χ4n) is 2.43. The van der Waals surface area contributed by atoms with Gasteiger partial charge in [-0.3, -0.25) is 4.79 Å². The summed E-state index contributed by atoms with van der Waals surface area (Å²) < 4.78 is 25.0. The van der Waals surface area contributed by atoms with Crippen LogP contribution in [-0.4, -0.2) is 43.5 Å². The van der Waals surface area contributed by atoms with Gasteiger partial charge in [0, 0.05) is 24.8 Å². The first-order chi connectivity index (χ1) is 9.94. The number of piperidine rings is 1. The monoisotopic (exact) mass is 311 g/mol. The van der Waals surface area contributed by atoms with Gasteiger partial charge in [-0.15, -0.1) is 0 Å². The molecule has 1 saturated heterocycles. The van der Waals surface area contributed by atoms with Crippen molar-refractivity contribution in [2.45, 2.75) is 25.8 Å². The second kappa shape index (κ2) is 6.44. The fraction of sp³-hybridized carbons (Fsp3) is 0.500. The van der Waals surface area contributed by atoms with Crippen molar-refractivity contribution in [1.82, 2.24) is 9.62 Å². The highest BCUT2D eigenvalue weighted by molar-refractivity contribution is 7.89. The molecule has 1 aromatic rings. The summed E-state index contributed by atoms with van der Waals surface area (Å²) in [5, 5.41) is 2.93. The second-order valence-electron chi connectivity index (χ2n) is 5.13. The minimum atomic E-state index is -3.13. The summed E-state index contributed by atoms with van der Waals surface area (Å²) in [7, 11) is -3.13. The van der Waals surface area contributed by atoms with E-state index < -0.39 is 10.0 Å². The number of carbonyl (C=O) groups excluding carboxylic acids is 1. The van der Waals surface area contributed by atoms with Gasteiger partial charge in [0.15, 0.2) is 0 Å². The molecule has 0 radical (unpaired) electrons. The van der Waals surface area contributed by atoms with E-state index in [0.29, 0.717) is 37.2 Å². The van der Waals surface area contributed by atoms with Crippen molar-refractivity contribution in [3.63, 3.8) is 0 Å². The van der Waals surface area contributed by atoms with Crippen LogP contribution in [0.1, 0.15) is 30.1 Å². The molecule has 6 nitrogen and oxygen atoms in total. The summed E-state index contributed by atoms with van der Waals surface area (Å²) in [6.07, 6.45) is 1.25. The van der Waals surface area contributed by atoms with E-state index in [0.717, 1.165) is 0 Å². The normalized spacial score (nSPS) is 17.6. The lowest BCUT2D eigenvalue weighted by molar-refractivity contribution is 0.0925. The van der Waals surface area contributed by atoms with Crippen molar-refractivity contribution in [1.29, 1.82) is 0 Å². The summed E-state index contributed by atoms with van der Waals surface area (Å²) >= 11 is 0. The molecule has 1 amide bonds. The minimum Gasteiger partial charge on any atom is -0.398 e. The van der Waals surface area contributed by atoms with E-state index in [-0.39, 0.29) is 17.7 Å². The van der Waals surface area contributed by atoms with E-state index in [1.54, 1.807) is 31.2 Å². The summed E-state index contributed by atoms with van der Waals surface area (Å²) in [5.74, 6) is -0.0881. The number of hydrogen-bond acceptors (Lipinski definition) is 4. The number of nitrogens with zero attached hydrogens (tertiary/aromatic N) is 1. The topological polar surface area (TPSA) is 92.5 Å². The molecule has 0 atom stereocenters. The largest absolute Gasteiger partial charge is 0.398 e. The molecule has 0 saturated carbocycles. The van der Waals surface area contributed by atoms with Gasteiger partial charge < -0.3 is 11.1 Å². The number of anilines is 1. The van der Waals surface area contributed by atoms with Gasteiger partial charge in [0.25, 0.3) is 5.91 Å². The van der Waals surface area contributed by atoms with Crippen LogP contribution in [-0.2, 0) is 10.0 Å². The van der Waals surface area contributed by atoms with Crippen molar-refractivity contribution in [2.24, 2.45) is 0 Å². The van der Waals surface area contributed by atoms with E-state index >= 15 is 0 Å². The maximum Gasteiger partial charge on any atom is 0.253 e. The number of nitrogens with one attached hydrogen (secondary N) is 1. The molecule has 1 heterocycles. The number of nitrogens with two attached hydrogens (primary N) is 1. The van der Waals surface area contributed by atoms with Crippen molar-refractivity contribution in [2.75, 3.05) is 24.6 Å². The molecular weight excluding hydrogens is 290 g/mol. The zero-order chi connectivity index (χ0) is 15.5. The van der Waals surface area contributed by atoms with Gasteiger partial charge in [-0.1, -0.05) is 12.1 Å². The molecule has 21 heavy (non-hydrogen) atoms. The third-order valence-corrected chi connectivity index (χ3v) is 5.63. The van der Waals surface area contributed by atoms with Crippen molar-refractivity contribution in [3.05, 3.63) is 29.8 Å². The quantitative estimate of drug-likeness (QED) is 0.805. The Bertz CT molecular complexity index is 608. The van der Waals surface area contributed by atoms with Crippen LogP contribution in [0.3, 0.4) is 0 Å². The van der Waals surface area contributed by atoms with Crippen LogP contribution in [0.5, 0.6) is 0 Å². The molecule has 2 rings (SSSR count). The smallest absolute Gasteiger partial charge is 0.253 e. The van der Waals surface area contributed by atoms with Crippen molar-refractivity contribution >= 4 is 21.6 Å². The lowest BCUT2D eigenvalue weighted by atomic mass is 10.1. The van der Waals surface area contributed by atoms with Gasteiger partial charge in [-0.2, -0.15) is 0 Å². The third-order valence-electron chi connectivity index (χ3n) is 3.75. The van der Waals surface area contributed by atoms with Crippen LogP contribution in [0.4, 0.5) is 5.69 Å². The third kappa shape index (κ3) is 3.74. The minimum absolute atomic E-state index is 0.0135. The first-order valence-corrected chi connectivity index (χ1v) is 8.68. The molecule has 0 bridgehead atoms. The highest BCUT2D eigenvalue weighted by Crippen LogP contribution is 2.16. The zero-order valence-electron chi connectivity index (χ0n) is 12.1. The number of hydrogen-bond donors (Lipinski definition) is 2. The molecular formula is C14H21N3O3S. The Hall–Kier alpha value is -1.60. The molecule has 1 fully saturated rings. The standard InChI is InChI=1S/C14H21N3O3S/c1-2-21(19,20)17-9-7-11(8-10-17)16-14(18)12-5-3-4-6-13(12)15/h3-6,11H,2,7-10,15H2,1H3,(H,16,18). The number of amides is 1. The first kappa shape index (κ1) is 15.8. The SMILES string of the molecule is CCS(=O)(=O)N1CCC(NC(=O)c2ccccc2N)CC1. The highest BCUT2D eigenvalue weighted by atomic mass is 32.2. The second-order valence-corrected chi connectivity index (χ2v) is 7.39. The number of nitrogen functional groups attached to an aromatic ring is 1. The predicted molar refractivity (Wildman–Crippen MR) is 82.4 cm³/mol. The van der Waals surface area contributed by atoms with E-state index in [1.807, 2.05) is 0 Å². The summed E-state index contributed by atoms with van der Waals surface area (Å²) in [4.78, 5) is 12.1.